The molecule has 1 saturated heterocycles. The molecule has 0 amide bonds. The Kier molecular flexibility index (Phi) is 5.56. The normalized spacial score (nSPS) is 17.9. The molecule has 0 aromatic heterocycles. The van der Waals surface area contributed by atoms with Crippen LogP contribution in [0.25, 0.3) is 0 Å². The Hall–Kier alpha value is -0.0400. The van der Waals surface area contributed by atoms with Gasteiger partial charge in [-0.05, 0) is 18.6 Å². The number of sulfonamides is 1. The number of nitrogens with zero attached hydrogens (tertiary/aromatic N) is 1. The van der Waals surface area contributed by atoms with E-state index in [9.17, 15) is 8.42 Å². The first-order chi connectivity index (χ1) is 9.48. The molecule has 1 fully saturated rings. The summed E-state index contributed by atoms with van der Waals surface area (Å²) in [5.74, 6) is 0.0597. The highest BCUT2D eigenvalue weighted by Gasteiger charge is 2.28. The van der Waals surface area contributed by atoms with Gasteiger partial charge in [0.2, 0.25) is 10.0 Å². The van der Waals surface area contributed by atoms with Crippen molar-refractivity contribution < 1.29 is 13.2 Å². The maximum absolute atomic E-state index is 12.6. The lowest BCUT2D eigenvalue weighted by atomic mass is 10.2. The molecule has 1 aliphatic heterocycles. The summed E-state index contributed by atoms with van der Waals surface area (Å²) in [7, 11) is -3.66. The van der Waals surface area contributed by atoms with Gasteiger partial charge in [0.05, 0.1) is 17.5 Å². The third-order valence-corrected chi connectivity index (χ3v) is 6.19. The number of hydrogen-bond donors (Lipinski definition) is 0. The van der Waals surface area contributed by atoms with Crippen LogP contribution in [-0.4, -0.2) is 39.0 Å². The standard InChI is InChI=1S/C12H14Cl3NO3S/c13-8-9-10(14)2-3-11(12(9)15)20(17,18)16-4-1-6-19-7-5-16/h2-3H,1,4-8H2. The first-order valence-corrected chi connectivity index (χ1v) is 8.82. The van der Waals surface area contributed by atoms with E-state index in [1.54, 1.807) is 0 Å². The molecular weight excluding hydrogens is 345 g/mol. The second kappa shape index (κ2) is 6.81. The van der Waals surface area contributed by atoms with Crippen molar-refractivity contribution in [1.82, 2.24) is 4.31 Å². The molecule has 4 nitrogen and oxygen atoms in total. The maximum Gasteiger partial charge on any atom is 0.244 e. The molecule has 112 valence electrons. The zero-order valence-corrected chi connectivity index (χ0v) is 13.7. The van der Waals surface area contributed by atoms with Crippen molar-refractivity contribution in [3.05, 3.63) is 27.7 Å². The van der Waals surface area contributed by atoms with Crippen molar-refractivity contribution in [3.63, 3.8) is 0 Å². The third kappa shape index (κ3) is 3.24. The summed E-state index contributed by atoms with van der Waals surface area (Å²) < 4.78 is 31.9. The number of alkyl halides is 1. The summed E-state index contributed by atoms with van der Waals surface area (Å²) >= 11 is 17.9. The Bertz CT molecular complexity index is 584. The first-order valence-electron chi connectivity index (χ1n) is 6.09. The van der Waals surface area contributed by atoms with Crippen molar-refractivity contribution in [2.24, 2.45) is 0 Å². The van der Waals surface area contributed by atoms with Gasteiger partial charge in [0.1, 0.15) is 4.90 Å². The lowest BCUT2D eigenvalue weighted by molar-refractivity contribution is 0.148. The molecule has 0 N–H and O–H groups in total. The van der Waals surface area contributed by atoms with Gasteiger partial charge in [-0.2, -0.15) is 4.31 Å². The van der Waals surface area contributed by atoms with Crippen molar-refractivity contribution >= 4 is 44.8 Å². The zero-order valence-electron chi connectivity index (χ0n) is 10.6. The van der Waals surface area contributed by atoms with E-state index >= 15 is 0 Å². The second-order valence-electron chi connectivity index (χ2n) is 4.34. The van der Waals surface area contributed by atoms with Crippen LogP contribution in [0.4, 0.5) is 0 Å². The fourth-order valence-corrected chi connectivity index (χ4v) is 4.76. The Labute approximate surface area is 133 Å². The van der Waals surface area contributed by atoms with Gasteiger partial charge >= 0.3 is 0 Å². The van der Waals surface area contributed by atoms with Gasteiger partial charge in [-0.1, -0.05) is 23.2 Å². The van der Waals surface area contributed by atoms with Crippen molar-refractivity contribution in [2.75, 3.05) is 26.3 Å². The largest absolute Gasteiger partial charge is 0.380 e. The monoisotopic (exact) mass is 357 g/mol. The maximum atomic E-state index is 12.6. The third-order valence-electron chi connectivity index (χ3n) is 3.08. The summed E-state index contributed by atoms with van der Waals surface area (Å²) in [5.41, 5.74) is 0.433. The average Bonchev–Trinajstić information content (AvgIpc) is 2.68. The van der Waals surface area contributed by atoms with E-state index in [0.717, 1.165) is 0 Å². The highest BCUT2D eigenvalue weighted by molar-refractivity contribution is 7.89. The van der Waals surface area contributed by atoms with Gasteiger partial charge in [-0.25, -0.2) is 8.42 Å². The molecule has 20 heavy (non-hydrogen) atoms. The van der Waals surface area contributed by atoms with E-state index in [1.807, 2.05) is 0 Å². The van der Waals surface area contributed by atoms with Gasteiger partial charge in [0, 0.05) is 30.3 Å². The zero-order chi connectivity index (χ0) is 14.8. The number of ether oxygens (including phenoxy) is 1. The fraction of sp³-hybridized carbons (Fsp3) is 0.500. The molecule has 1 aromatic rings. The van der Waals surface area contributed by atoms with Crippen molar-refractivity contribution in [3.8, 4) is 0 Å². The summed E-state index contributed by atoms with van der Waals surface area (Å²) in [6.45, 7) is 1.68. The topological polar surface area (TPSA) is 46.6 Å². The lowest BCUT2D eigenvalue weighted by Crippen LogP contribution is -2.33. The van der Waals surface area contributed by atoms with E-state index in [2.05, 4.69) is 0 Å². The number of benzene rings is 1. The van der Waals surface area contributed by atoms with Crippen molar-refractivity contribution in [2.45, 2.75) is 17.2 Å². The Balaban J connectivity index is 2.43. The summed E-state index contributed by atoms with van der Waals surface area (Å²) in [4.78, 5) is 0.0427. The number of rotatable bonds is 3. The fourth-order valence-electron chi connectivity index (χ4n) is 2.00. The molecule has 0 radical (unpaired) electrons. The average molecular weight is 359 g/mol. The number of halogens is 3. The van der Waals surface area contributed by atoms with Crippen LogP contribution in [0.3, 0.4) is 0 Å². The lowest BCUT2D eigenvalue weighted by Gasteiger charge is -2.21. The summed E-state index contributed by atoms with van der Waals surface area (Å²) in [5, 5.41) is 0.459. The molecule has 0 bridgehead atoms. The molecule has 8 heteroatoms. The highest BCUT2D eigenvalue weighted by atomic mass is 35.5. The van der Waals surface area contributed by atoms with Gasteiger partial charge < -0.3 is 4.74 Å². The van der Waals surface area contributed by atoms with E-state index in [1.165, 1.54) is 16.4 Å². The Morgan fingerprint density at radius 1 is 1.20 bits per heavy atom. The van der Waals surface area contributed by atoms with Crippen molar-refractivity contribution in [1.29, 1.82) is 0 Å². The van der Waals surface area contributed by atoms with Crippen LogP contribution in [0.5, 0.6) is 0 Å². The quantitative estimate of drug-likeness (QED) is 0.780. The summed E-state index contributed by atoms with van der Waals surface area (Å²) in [6, 6.07) is 2.92. The first kappa shape index (κ1) is 16.3. The molecule has 0 spiro atoms. The molecule has 1 aliphatic rings. The molecular formula is C12H14Cl3NO3S. The predicted octanol–water partition coefficient (Wildman–Crippen LogP) is 3.14. The van der Waals surface area contributed by atoms with E-state index in [0.29, 0.717) is 43.3 Å². The molecule has 0 atom stereocenters. The van der Waals surface area contributed by atoms with Gasteiger partial charge in [0.15, 0.2) is 0 Å². The highest BCUT2D eigenvalue weighted by Crippen LogP contribution is 2.33. The summed E-state index contributed by atoms with van der Waals surface area (Å²) in [6.07, 6.45) is 0.660. The SMILES string of the molecule is O=S(=O)(c1ccc(Cl)c(CCl)c1Cl)N1CCCOCC1. The minimum absolute atomic E-state index is 0.0427. The molecule has 2 rings (SSSR count). The van der Waals surface area contributed by atoms with Crippen LogP contribution in [0.15, 0.2) is 17.0 Å². The van der Waals surface area contributed by atoms with E-state index in [-0.39, 0.29) is 15.8 Å². The minimum Gasteiger partial charge on any atom is -0.380 e. The minimum atomic E-state index is -3.66. The van der Waals surface area contributed by atoms with E-state index < -0.39 is 10.0 Å². The second-order valence-corrected chi connectivity index (χ2v) is 7.30. The molecule has 0 unspecified atom stereocenters. The van der Waals surface area contributed by atoms with Crippen LogP contribution in [-0.2, 0) is 20.6 Å². The van der Waals surface area contributed by atoms with Gasteiger partial charge in [-0.15, -0.1) is 11.6 Å². The Morgan fingerprint density at radius 3 is 2.65 bits per heavy atom. The molecule has 1 aromatic carbocycles. The molecule has 1 heterocycles. The van der Waals surface area contributed by atoms with E-state index in [4.69, 9.17) is 39.5 Å². The smallest absolute Gasteiger partial charge is 0.244 e. The number of hydrogen-bond acceptors (Lipinski definition) is 3. The molecule has 0 aliphatic carbocycles. The molecule has 0 saturated carbocycles. The van der Waals surface area contributed by atoms with Crippen LogP contribution in [0.1, 0.15) is 12.0 Å². The Morgan fingerprint density at radius 2 is 1.95 bits per heavy atom. The van der Waals surface area contributed by atoms with Crippen LogP contribution in [0, 0.1) is 0 Å². The van der Waals surface area contributed by atoms with Gasteiger partial charge in [-0.3, -0.25) is 0 Å². The predicted molar refractivity (Wildman–Crippen MR) is 80.2 cm³/mol. The van der Waals surface area contributed by atoms with Crippen LogP contribution < -0.4 is 0 Å². The van der Waals surface area contributed by atoms with Crippen LogP contribution in [0.2, 0.25) is 10.0 Å². The van der Waals surface area contributed by atoms with Crippen LogP contribution >= 0.6 is 34.8 Å². The van der Waals surface area contributed by atoms with Gasteiger partial charge in [0.25, 0.3) is 0 Å².